The number of nitrogens with one attached hydrogen (secondary N) is 1. The van der Waals surface area contributed by atoms with Gasteiger partial charge in [0.25, 0.3) is 0 Å². The van der Waals surface area contributed by atoms with Crippen molar-refractivity contribution in [2.24, 2.45) is 5.84 Å². The molecule has 0 saturated carbocycles. The quantitative estimate of drug-likeness (QED) is 0.624. The first-order valence-corrected chi connectivity index (χ1v) is 9.48. The lowest BCUT2D eigenvalue weighted by atomic mass is 10.1. The summed E-state index contributed by atoms with van der Waals surface area (Å²) in [6.45, 7) is 6.70. The predicted octanol–water partition coefficient (Wildman–Crippen LogP) is 2.47. The van der Waals surface area contributed by atoms with E-state index in [9.17, 15) is 0 Å². The average molecular weight is 315 g/mol. The van der Waals surface area contributed by atoms with Crippen molar-refractivity contribution in [2.45, 2.75) is 56.2 Å². The molecule has 4 atom stereocenters. The lowest BCUT2D eigenvalue weighted by Crippen LogP contribution is -2.48. The highest BCUT2D eigenvalue weighted by Gasteiger charge is 2.30. The molecule has 1 aliphatic rings. The number of nitrogens with zero attached hydrogens (tertiary/aromatic N) is 2. The molecule has 4 unspecified atom stereocenters. The molecular formula is C14H26N4S2. The second-order valence-corrected chi connectivity index (χ2v) is 8.20. The summed E-state index contributed by atoms with van der Waals surface area (Å²) >= 11 is 4.10. The van der Waals surface area contributed by atoms with Gasteiger partial charge in [-0.1, -0.05) is 13.8 Å². The maximum Gasteiger partial charge on any atom is 0.0641 e. The van der Waals surface area contributed by atoms with Crippen molar-refractivity contribution in [2.75, 3.05) is 11.5 Å². The molecule has 3 N–H and O–H groups in total. The van der Waals surface area contributed by atoms with E-state index in [0.29, 0.717) is 22.6 Å². The summed E-state index contributed by atoms with van der Waals surface area (Å²) in [5.74, 6) is 8.27. The molecule has 0 bridgehead atoms. The molecular weight excluding hydrogens is 288 g/mol. The number of aromatic nitrogens is 2. The maximum atomic E-state index is 5.80. The number of rotatable bonds is 6. The van der Waals surface area contributed by atoms with Gasteiger partial charge >= 0.3 is 0 Å². The predicted molar refractivity (Wildman–Crippen MR) is 90.2 cm³/mol. The van der Waals surface area contributed by atoms with Gasteiger partial charge in [-0.3, -0.25) is 16.0 Å². The Kier molecular flexibility index (Phi) is 6.26. The third kappa shape index (κ3) is 3.93. The van der Waals surface area contributed by atoms with Gasteiger partial charge in [0.2, 0.25) is 0 Å². The van der Waals surface area contributed by atoms with Crippen LogP contribution in [0.2, 0.25) is 0 Å². The molecule has 114 valence electrons. The molecule has 2 heterocycles. The minimum Gasteiger partial charge on any atom is -0.271 e. The minimum absolute atomic E-state index is 0.295. The second-order valence-electron chi connectivity index (χ2n) is 5.43. The smallest absolute Gasteiger partial charge is 0.0641 e. The molecule has 1 saturated heterocycles. The minimum atomic E-state index is 0.295. The first-order valence-electron chi connectivity index (χ1n) is 7.39. The summed E-state index contributed by atoms with van der Waals surface area (Å²) < 4.78 is 2.06. The van der Waals surface area contributed by atoms with Gasteiger partial charge in [-0.15, -0.1) is 0 Å². The van der Waals surface area contributed by atoms with Gasteiger partial charge in [-0.2, -0.15) is 28.6 Å². The molecule has 2 rings (SSSR count). The van der Waals surface area contributed by atoms with Gasteiger partial charge in [0.15, 0.2) is 0 Å². The third-order valence-corrected chi connectivity index (χ3v) is 7.23. The molecule has 6 heteroatoms. The molecule has 1 fully saturated rings. The van der Waals surface area contributed by atoms with E-state index in [0.717, 1.165) is 18.5 Å². The zero-order valence-corrected chi connectivity index (χ0v) is 14.2. The van der Waals surface area contributed by atoms with E-state index >= 15 is 0 Å². The Bertz CT molecular complexity index is 410. The average Bonchev–Trinajstić information content (AvgIpc) is 2.93. The fourth-order valence-corrected chi connectivity index (χ4v) is 5.45. The fourth-order valence-electron chi connectivity index (χ4n) is 2.51. The second kappa shape index (κ2) is 7.73. The van der Waals surface area contributed by atoms with Crippen LogP contribution in [0.4, 0.5) is 0 Å². The van der Waals surface area contributed by atoms with Crippen molar-refractivity contribution < 1.29 is 0 Å². The number of nitrogens with two attached hydrogens (primary N) is 1. The molecule has 1 aromatic rings. The Balaban J connectivity index is 2.00. The van der Waals surface area contributed by atoms with Crippen LogP contribution in [0.3, 0.4) is 0 Å². The standard InChI is InChI=1S/C14H26N4S2/c1-4-10(2)18-6-5-12(17-18)9-13(16-15)14-11(3)19-7-8-20-14/h5-6,10-11,13-14,16H,4,7-9,15H2,1-3H3. The zero-order chi connectivity index (χ0) is 14.5. The molecule has 1 aromatic heterocycles. The molecule has 0 radical (unpaired) electrons. The first kappa shape index (κ1) is 16.2. The monoisotopic (exact) mass is 314 g/mol. The van der Waals surface area contributed by atoms with Crippen molar-refractivity contribution in [1.82, 2.24) is 15.2 Å². The van der Waals surface area contributed by atoms with E-state index in [2.05, 4.69) is 54.9 Å². The molecule has 0 aromatic carbocycles. The summed E-state index contributed by atoms with van der Waals surface area (Å²) in [4.78, 5) is 0. The molecule has 0 amide bonds. The van der Waals surface area contributed by atoms with Crippen LogP contribution in [-0.2, 0) is 6.42 Å². The van der Waals surface area contributed by atoms with Gasteiger partial charge in [0.1, 0.15) is 0 Å². The Morgan fingerprint density at radius 1 is 1.50 bits per heavy atom. The van der Waals surface area contributed by atoms with Gasteiger partial charge in [0.05, 0.1) is 5.69 Å². The van der Waals surface area contributed by atoms with E-state index in [1.54, 1.807) is 0 Å². The van der Waals surface area contributed by atoms with Crippen molar-refractivity contribution in [3.8, 4) is 0 Å². The van der Waals surface area contributed by atoms with Gasteiger partial charge in [-0.25, -0.2) is 0 Å². The molecule has 0 aliphatic carbocycles. The van der Waals surface area contributed by atoms with Crippen LogP contribution in [0.1, 0.15) is 38.9 Å². The highest BCUT2D eigenvalue weighted by molar-refractivity contribution is 8.07. The van der Waals surface area contributed by atoms with Crippen LogP contribution in [0.15, 0.2) is 12.3 Å². The number of hydrogen-bond acceptors (Lipinski definition) is 5. The lowest BCUT2D eigenvalue weighted by molar-refractivity contribution is 0.460. The molecule has 1 aliphatic heterocycles. The van der Waals surface area contributed by atoms with E-state index in [4.69, 9.17) is 10.9 Å². The number of hydrazine groups is 1. The van der Waals surface area contributed by atoms with E-state index < -0.39 is 0 Å². The Morgan fingerprint density at radius 2 is 2.25 bits per heavy atom. The Hall–Kier alpha value is -0.170. The maximum absolute atomic E-state index is 5.80. The number of thioether (sulfide) groups is 2. The Morgan fingerprint density at radius 3 is 2.90 bits per heavy atom. The van der Waals surface area contributed by atoms with Gasteiger partial charge in [-0.05, 0) is 19.4 Å². The summed E-state index contributed by atoms with van der Waals surface area (Å²) in [7, 11) is 0. The fraction of sp³-hybridized carbons (Fsp3) is 0.786. The molecule has 0 spiro atoms. The van der Waals surface area contributed by atoms with Gasteiger partial charge in [0, 0.05) is 46.7 Å². The first-order chi connectivity index (χ1) is 9.65. The van der Waals surface area contributed by atoms with Crippen molar-refractivity contribution in [3.05, 3.63) is 18.0 Å². The van der Waals surface area contributed by atoms with Crippen LogP contribution in [-0.4, -0.2) is 37.8 Å². The van der Waals surface area contributed by atoms with Crippen molar-refractivity contribution in [3.63, 3.8) is 0 Å². The van der Waals surface area contributed by atoms with Crippen LogP contribution in [0.25, 0.3) is 0 Å². The van der Waals surface area contributed by atoms with E-state index in [-0.39, 0.29) is 0 Å². The topological polar surface area (TPSA) is 55.9 Å². The summed E-state index contributed by atoms with van der Waals surface area (Å²) in [6.07, 6.45) is 4.09. The summed E-state index contributed by atoms with van der Waals surface area (Å²) in [5.41, 5.74) is 4.16. The highest BCUT2D eigenvalue weighted by atomic mass is 32.2. The largest absolute Gasteiger partial charge is 0.271 e. The highest BCUT2D eigenvalue weighted by Crippen LogP contribution is 2.33. The summed E-state index contributed by atoms with van der Waals surface area (Å²) in [6, 6.07) is 2.89. The lowest BCUT2D eigenvalue weighted by Gasteiger charge is -2.33. The molecule has 4 nitrogen and oxygen atoms in total. The van der Waals surface area contributed by atoms with Crippen LogP contribution in [0, 0.1) is 0 Å². The van der Waals surface area contributed by atoms with Crippen LogP contribution < -0.4 is 11.3 Å². The zero-order valence-electron chi connectivity index (χ0n) is 12.6. The normalized spacial score (nSPS) is 26.4. The van der Waals surface area contributed by atoms with Crippen LogP contribution >= 0.6 is 23.5 Å². The van der Waals surface area contributed by atoms with Crippen molar-refractivity contribution in [1.29, 1.82) is 0 Å². The Labute approximate surface area is 130 Å². The van der Waals surface area contributed by atoms with Crippen LogP contribution in [0.5, 0.6) is 0 Å². The molecule has 20 heavy (non-hydrogen) atoms. The SMILES string of the molecule is CCC(C)n1ccc(CC(NN)C2SCCSC2C)n1. The summed E-state index contributed by atoms with van der Waals surface area (Å²) in [5, 5.41) is 5.90. The van der Waals surface area contributed by atoms with E-state index in [1.165, 1.54) is 11.5 Å². The third-order valence-electron chi connectivity index (χ3n) is 3.98. The van der Waals surface area contributed by atoms with Gasteiger partial charge < -0.3 is 0 Å². The number of hydrogen-bond donors (Lipinski definition) is 2. The van der Waals surface area contributed by atoms with E-state index in [1.807, 2.05) is 11.8 Å². The van der Waals surface area contributed by atoms with Crippen molar-refractivity contribution >= 4 is 23.5 Å².